The van der Waals surface area contributed by atoms with Gasteiger partial charge in [0.2, 0.25) is 0 Å². The van der Waals surface area contributed by atoms with Gasteiger partial charge in [-0.3, -0.25) is 4.68 Å². The second kappa shape index (κ2) is 8.80. The first-order valence-corrected chi connectivity index (χ1v) is 9.38. The van der Waals surface area contributed by atoms with E-state index in [4.69, 9.17) is 51.8 Å². The fourth-order valence-electron chi connectivity index (χ4n) is 2.33. The van der Waals surface area contributed by atoms with E-state index in [1.165, 1.54) is 0 Å². The van der Waals surface area contributed by atoms with Gasteiger partial charge in [0.05, 0.1) is 23.7 Å². The Balaban J connectivity index is 1.64. The van der Waals surface area contributed by atoms with Crippen LogP contribution in [0.4, 0.5) is 11.5 Å². The predicted octanol–water partition coefficient (Wildman–Crippen LogP) is 5.71. The van der Waals surface area contributed by atoms with Crippen LogP contribution in [0.5, 0.6) is 5.75 Å². The molecular formula is C18H15Cl3N4OS. The van der Waals surface area contributed by atoms with Crippen LogP contribution in [-0.4, -0.2) is 22.0 Å². The van der Waals surface area contributed by atoms with Gasteiger partial charge in [0.15, 0.2) is 10.9 Å². The Kier molecular flexibility index (Phi) is 6.44. The van der Waals surface area contributed by atoms with E-state index in [-0.39, 0.29) is 0 Å². The number of anilines is 2. The van der Waals surface area contributed by atoms with E-state index < -0.39 is 0 Å². The standard InChI is InChI=1S/C18H15Cl3N4OS/c1-26-13-5-3-12(4-6-13)22-18(27)23-17-16(21)10-25(24-17)9-11-2-7-14(19)15(20)8-11/h2-8,10H,9H2,1H3,(H2,22,23,24,27). The molecule has 0 saturated heterocycles. The topological polar surface area (TPSA) is 51.1 Å². The van der Waals surface area contributed by atoms with Crippen molar-refractivity contribution in [2.75, 3.05) is 17.7 Å². The molecule has 1 aromatic heterocycles. The predicted molar refractivity (Wildman–Crippen MR) is 116 cm³/mol. The van der Waals surface area contributed by atoms with Gasteiger partial charge in [-0.15, -0.1) is 0 Å². The molecule has 0 unspecified atom stereocenters. The number of hydrogen-bond acceptors (Lipinski definition) is 3. The van der Waals surface area contributed by atoms with Gasteiger partial charge in [0.1, 0.15) is 10.8 Å². The van der Waals surface area contributed by atoms with Gasteiger partial charge in [0.25, 0.3) is 0 Å². The number of halogens is 3. The maximum absolute atomic E-state index is 6.26. The highest BCUT2D eigenvalue weighted by atomic mass is 35.5. The summed E-state index contributed by atoms with van der Waals surface area (Å²) in [5.74, 6) is 1.23. The van der Waals surface area contributed by atoms with E-state index in [2.05, 4.69) is 15.7 Å². The van der Waals surface area contributed by atoms with Gasteiger partial charge in [0, 0.05) is 11.9 Å². The Hall–Kier alpha value is -1.99. The molecule has 0 aliphatic rings. The third-order valence-electron chi connectivity index (χ3n) is 3.63. The summed E-state index contributed by atoms with van der Waals surface area (Å²) in [6.45, 7) is 0.497. The molecule has 0 aliphatic carbocycles. The van der Waals surface area contributed by atoms with E-state index in [1.807, 2.05) is 30.3 Å². The minimum atomic E-state index is 0.377. The zero-order valence-electron chi connectivity index (χ0n) is 14.2. The normalized spacial score (nSPS) is 10.5. The molecule has 0 saturated carbocycles. The maximum Gasteiger partial charge on any atom is 0.176 e. The van der Waals surface area contributed by atoms with Crippen molar-refractivity contribution in [2.24, 2.45) is 0 Å². The third kappa shape index (κ3) is 5.26. The summed E-state index contributed by atoms with van der Waals surface area (Å²) in [6, 6.07) is 12.8. The first-order valence-electron chi connectivity index (χ1n) is 7.83. The highest BCUT2D eigenvalue weighted by Crippen LogP contribution is 2.24. The molecule has 27 heavy (non-hydrogen) atoms. The van der Waals surface area contributed by atoms with Crippen LogP contribution in [0, 0.1) is 0 Å². The zero-order chi connectivity index (χ0) is 19.4. The lowest BCUT2D eigenvalue weighted by Gasteiger charge is -2.09. The summed E-state index contributed by atoms with van der Waals surface area (Å²) in [7, 11) is 1.62. The number of nitrogens with one attached hydrogen (secondary N) is 2. The number of ether oxygens (including phenoxy) is 1. The number of benzene rings is 2. The van der Waals surface area contributed by atoms with Gasteiger partial charge in [-0.2, -0.15) is 5.10 Å². The minimum Gasteiger partial charge on any atom is -0.497 e. The fraction of sp³-hybridized carbons (Fsp3) is 0.111. The van der Waals surface area contributed by atoms with Crippen LogP contribution in [0.15, 0.2) is 48.7 Å². The highest BCUT2D eigenvalue weighted by molar-refractivity contribution is 7.80. The van der Waals surface area contributed by atoms with Crippen LogP contribution in [0.25, 0.3) is 0 Å². The smallest absolute Gasteiger partial charge is 0.176 e. The average molecular weight is 442 g/mol. The van der Waals surface area contributed by atoms with Crippen molar-refractivity contribution in [1.29, 1.82) is 0 Å². The quantitative estimate of drug-likeness (QED) is 0.497. The van der Waals surface area contributed by atoms with Gasteiger partial charge in [-0.25, -0.2) is 0 Å². The first kappa shape index (κ1) is 19.8. The lowest BCUT2D eigenvalue weighted by molar-refractivity contribution is 0.415. The monoisotopic (exact) mass is 440 g/mol. The van der Waals surface area contributed by atoms with Crippen molar-refractivity contribution in [3.63, 3.8) is 0 Å². The molecule has 0 atom stereocenters. The number of aromatic nitrogens is 2. The Morgan fingerprint density at radius 2 is 1.78 bits per heavy atom. The van der Waals surface area contributed by atoms with Crippen LogP contribution in [0.2, 0.25) is 15.1 Å². The zero-order valence-corrected chi connectivity index (χ0v) is 17.3. The van der Waals surface area contributed by atoms with Crippen LogP contribution in [-0.2, 0) is 6.54 Å². The molecule has 3 rings (SSSR count). The maximum atomic E-state index is 6.26. The molecule has 0 spiro atoms. The van der Waals surface area contributed by atoms with E-state index in [1.54, 1.807) is 30.1 Å². The second-order valence-electron chi connectivity index (χ2n) is 5.58. The van der Waals surface area contributed by atoms with E-state index in [0.29, 0.717) is 32.5 Å². The van der Waals surface area contributed by atoms with Crippen LogP contribution in [0.1, 0.15) is 5.56 Å². The summed E-state index contributed by atoms with van der Waals surface area (Å²) in [6.07, 6.45) is 1.71. The van der Waals surface area contributed by atoms with Crippen LogP contribution in [0.3, 0.4) is 0 Å². The molecule has 2 N–H and O–H groups in total. The second-order valence-corrected chi connectivity index (χ2v) is 7.21. The summed E-state index contributed by atoms with van der Waals surface area (Å²) >= 11 is 23.6. The van der Waals surface area contributed by atoms with Crippen molar-refractivity contribution in [3.05, 3.63) is 69.3 Å². The minimum absolute atomic E-state index is 0.377. The lowest BCUT2D eigenvalue weighted by Crippen LogP contribution is -2.19. The molecule has 9 heteroatoms. The first-order chi connectivity index (χ1) is 12.9. The van der Waals surface area contributed by atoms with Gasteiger partial charge in [-0.05, 0) is 54.2 Å². The Labute approximate surface area is 177 Å². The molecule has 5 nitrogen and oxygen atoms in total. The number of nitrogens with zero attached hydrogens (tertiary/aromatic N) is 2. The lowest BCUT2D eigenvalue weighted by atomic mass is 10.2. The number of hydrogen-bond donors (Lipinski definition) is 2. The summed E-state index contributed by atoms with van der Waals surface area (Å²) in [5, 5.41) is 12.3. The molecule has 0 aliphatic heterocycles. The molecule has 2 aromatic carbocycles. The number of methoxy groups -OCH3 is 1. The van der Waals surface area contributed by atoms with Crippen LogP contribution < -0.4 is 15.4 Å². The highest BCUT2D eigenvalue weighted by Gasteiger charge is 2.10. The van der Waals surface area contributed by atoms with E-state index in [9.17, 15) is 0 Å². The molecule has 0 bridgehead atoms. The Morgan fingerprint density at radius 3 is 2.44 bits per heavy atom. The van der Waals surface area contributed by atoms with Crippen molar-refractivity contribution >= 4 is 63.6 Å². The largest absolute Gasteiger partial charge is 0.497 e. The van der Waals surface area contributed by atoms with Crippen molar-refractivity contribution in [1.82, 2.24) is 9.78 Å². The average Bonchev–Trinajstić information content (AvgIpc) is 2.97. The van der Waals surface area contributed by atoms with E-state index in [0.717, 1.165) is 17.0 Å². The Bertz CT molecular complexity index is 960. The molecular weight excluding hydrogens is 427 g/mol. The molecule has 3 aromatic rings. The molecule has 140 valence electrons. The molecule has 0 fully saturated rings. The SMILES string of the molecule is COc1ccc(NC(=S)Nc2nn(Cc3ccc(Cl)c(Cl)c3)cc2Cl)cc1. The summed E-state index contributed by atoms with van der Waals surface area (Å²) < 4.78 is 6.82. The molecule has 0 radical (unpaired) electrons. The Morgan fingerprint density at radius 1 is 1.04 bits per heavy atom. The number of thiocarbonyl (C=S) groups is 1. The summed E-state index contributed by atoms with van der Waals surface area (Å²) in [4.78, 5) is 0. The molecule has 1 heterocycles. The number of rotatable bonds is 5. The van der Waals surface area contributed by atoms with Gasteiger partial charge >= 0.3 is 0 Å². The van der Waals surface area contributed by atoms with Gasteiger partial charge in [-0.1, -0.05) is 40.9 Å². The van der Waals surface area contributed by atoms with Crippen molar-refractivity contribution < 1.29 is 4.74 Å². The van der Waals surface area contributed by atoms with Crippen molar-refractivity contribution in [3.8, 4) is 5.75 Å². The fourth-order valence-corrected chi connectivity index (χ4v) is 3.06. The summed E-state index contributed by atoms with van der Waals surface area (Å²) in [5.41, 5.74) is 1.77. The van der Waals surface area contributed by atoms with Crippen molar-refractivity contribution in [2.45, 2.75) is 6.54 Å². The van der Waals surface area contributed by atoms with Crippen LogP contribution >= 0.6 is 47.0 Å². The van der Waals surface area contributed by atoms with Gasteiger partial charge < -0.3 is 15.4 Å². The third-order valence-corrected chi connectivity index (χ3v) is 4.85. The van der Waals surface area contributed by atoms with E-state index >= 15 is 0 Å². The molecule has 0 amide bonds.